The van der Waals surface area contributed by atoms with E-state index in [0.29, 0.717) is 12.5 Å². The van der Waals surface area contributed by atoms with Crippen molar-refractivity contribution in [2.75, 3.05) is 11.9 Å². The van der Waals surface area contributed by atoms with Gasteiger partial charge in [0, 0.05) is 5.69 Å². The first-order chi connectivity index (χ1) is 6.84. The molecule has 1 aliphatic carbocycles. The van der Waals surface area contributed by atoms with Crippen molar-refractivity contribution in [2.45, 2.75) is 12.8 Å². The summed E-state index contributed by atoms with van der Waals surface area (Å²) in [5.74, 6) is 0.608. The van der Waals surface area contributed by atoms with E-state index in [9.17, 15) is 4.79 Å². The molecule has 1 aromatic rings. The molecule has 3 heteroatoms. The molecule has 0 atom stereocenters. The van der Waals surface area contributed by atoms with E-state index in [0.717, 1.165) is 5.69 Å². The number of amides is 1. The number of nitrogens with one attached hydrogen (secondary N) is 1. The number of rotatable bonds is 3. The highest BCUT2D eigenvalue weighted by Gasteiger charge is 2.22. The van der Waals surface area contributed by atoms with Crippen LogP contribution >= 0.6 is 0 Å². The van der Waals surface area contributed by atoms with Crippen LogP contribution < -0.4 is 5.32 Å². The summed E-state index contributed by atoms with van der Waals surface area (Å²) in [6.07, 6.45) is 2.03. The number of hydrogen-bond donors (Lipinski definition) is 1. The van der Waals surface area contributed by atoms with E-state index >= 15 is 0 Å². The highest BCUT2D eigenvalue weighted by molar-refractivity contribution is 5.84. The number of carbonyl (C=O) groups is 1. The fourth-order valence-electron chi connectivity index (χ4n) is 1.15. The molecule has 1 N–H and O–H groups in total. The number of para-hydroxylation sites is 1. The van der Waals surface area contributed by atoms with Gasteiger partial charge in [0.15, 0.2) is 0 Å². The normalized spacial score (nSPS) is 14.9. The second-order valence-electron chi connectivity index (χ2n) is 3.53. The van der Waals surface area contributed by atoms with Gasteiger partial charge in [-0.05, 0) is 30.9 Å². The van der Waals surface area contributed by atoms with Gasteiger partial charge in [-0.25, -0.2) is 4.79 Å². The molecule has 0 bridgehead atoms. The van der Waals surface area contributed by atoms with Crippen molar-refractivity contribution in [1.29, 1.82) is 0 Å². The van der Waals surface area contributed by atoms with Crippen molar-refractivity contribution < 1.29 is 9.53 Å². The largest absolute Gasteiger partial charge is 0.449 e. The maximum absolute atomic E-state index is 11.2. The second-order valence-corrected chi connectivity index (χ2v) is 3.53. The molecule has 74 valence electrons. The lowest BCUT2D eigenvalue weighted by molar-refractivity contribution is 0.156. The van der Waals surface area contributed by atoms with Crippen LogP contribution in [-0.2, 0) is 4.74 Å². The smallest absolute Gasteiger partial charge is 0.411 e. The van der Waals surface area contributed by atoms with Gasteiger partial charge >= 0.3 is 6.09 Å². The molecule has 0 spiro atoms. The Morgan fingerprint density at radius 2 is 2.07 bits per heavy atom. The minimum atomic E-state index is -0.358. The fourth-order valence-corrected chi connectivity index (χ4v) is 1.15. The zero-order valence-electron chi connectivity index (χ0n) is 7.90. The minimum absolute atomic E-state index is 0.358. The Kier molecular flexibility index (Phi) is 2.68. The lowest BCUT2D eigenvalue weighted by Crippen LogP contribution is -2.14. The van der Waals surface area contributed by atoms with Crippen LogP contribution in [0, 0.1) is 5.92 Å². The molecule has 0 heterocycles. The zero-order chi connectivity index (χ0) is 9.80. The lowest BCUT2D eigenvalue weighted by Gasteiger charge is -2.05. The van der Waals surface area contributed by atoms with Gasteiger partial charge < -0.3 is 4.74 Å². The van der Waals surface area contributed by atoms with E-state index < -0.39 is 0 Å². The van der Waals surface area contributed by atoms with Crippen LogP contribution in [0.15, 0.2) is 30.3 Å². The van der Waals surface area contributed by atoms with Crippen molar-refractivity contribution in [2.24, 2.45) is 5.92 Å². The molecule has 1 amide bonds. The van der Waals surface area contributed by atoms with E-state index in [4.69, 9.17) is 4.74 Å². The Hall–Kier alpha value is -1.51. The number of anilines is 1. The molecular formula is C11H13NO2. The average molecular weight is 191 g/mol. The van der Waals surface area contributed by atoms with Gasteiger partial charge in [-0.2, -0.15) is 0 Å². The summed E-state index contributed by atoms with van der Waals surface area (Å²) in [6, 6.07) is 9.31. The highest BCUT2D eigenvalue weighted by Crippen LogP contribution is 2.28. The van der Waals surface area contributed by atoms with Gasteiger partial charge in [-0.3, -0.25) is 5.32 Å². The third-order valence-electron chi connectivity index (χ3n) is 2.17. The Labute approximate surface area is 83.1 Å². The monoisotopic (exact) mass is 191 g/mol. The van der Waals surface area contributed by atoms with Gasteiger partial charge in [0.05, 0.1) is 6.61 Å². The van der Waals surface area contributed by atoms with E-state index in [1.54, 1.807) is 0 Å². The maximum atomic E-state index is 11.2. The molecule has 0 radical (unpaired) electrons. The highest BCUT2D eigenvalue weighted by atomic mass is 16.5. The van der Waals surface area contributed by atoms with E-state index in [1.807, 2.05) is 30.3 Å². The summed E-state index contributed by atoms with van der Waals surface area (Å²) in [7, 11) is 0. The standard InChI is InChI=1S/C11H13NO2/c13-11(14-8-9-6-7-9)12-10-4-2-1-3-5-10/h1-5,9H,6-8H2,(H,12,13). The molecule has 1 aromatic carbocycles. The average Bonchev–Trinajstić information content (AvgIpc) is 3.00. The molecule has 0 saturated heterocycles. The Morgan fingerprint density at radius 3 is 2.71 bits per heavy atom. The molecule has 2 rings (SSSR count). The summed E-state index contributed by atoms with van der Waals surface area (Å²) in [5, 5.41) is 2.66. The SMILES string of the molecule is O=C(Nc1ccccc1)OCC1CC1. The van der Waals surface area contributed by atoms with Gasteiger partial charge in [0.1, 0.15) is 0 Å². The Morgan fingerprint density at radius 1 is 1.36 bits per heavy atom. The molecule has 3 nitrogen and oxygen atoms in total. The summed E-state index contributed by atoms with van der Waals surface area (Å²) < 4.78 is 5.02. The van der Waals surface area contributed by atoms with Gasteiger partial charge in [0.25, 0.3) is 0 Å². The number of carbonyl (C=O) groups excluding carboxylic acids is 1. The van der Waals surface area contributed by atoms with E-state index in [1.165, 1.54) is 12.8 Å². The van der Waals surface area contributed by atoms with Crippen molar-refractivity contribution in [3.8, 4) is 0 Å². The maximum Gasteiger partial charge on any atom is 0.411 e. The van der Waals surface area contributed by atoms with Crippen LogP contribution in [0.2, 0.25) is 0 Å². The molecular weight excluding hydrogens is 178 g/mol. The fraction of sp³-hybridized carbons (Fsp3) is 0.364. The van der Waals surface area contributed by atoms with E-state index in [-0.39, 0.29) is 6.09 Å². The van der Waals surface area contributed by atoms with E-state index in [2.05, 4.69) is 5.32 Å². The second kappa shape index (κ2) is 4.13. The summed E-state index contributed by atoms with van der Waals surface area (Å²) >= 11 is 0. The van der Waals surface area contributed by atoms with Crippen LogP contribution in [0.4, 0.5) is 10.5 Å². The van der Waals surface area contributed by atoms with Crippen molar-refractivity contribution >= 4 is 11.8 Å². The minimum Gasteiger partial charge on any atom is -0.449 e. The lowest BCUT2D eigenvalue weighted by atomic mass is 10.3. The van der Waals surface area contributed by atoms with Gasteiger partial charge in [-0.1, -0.05) is 18.2 Å². The molecule has 14 heavy (non-hydrogen) atoms. The zero-order valence-corrected chi connectivity index (χ0v) is 7.90. The number of benzene rings is 1. The third-order valence-corrected chi connectivity index (χ3v) is 2.17. The summed E-state index contributed by atoms with van der Waals surface area (Å²) in [4.78, 5) is 11.2. The Bertz CT molecular complexity index is 306. The van der Waals surface area contributed by atoms with Gasteiger partial charge in [-0.15, -0.1) is 0 Å². The Balaban J connectivity index is 1.76. The predicted octanol–water partition coefficient (Wildman–Crippen LogP) is 2.65. The number of hydrogen-bond acceptors (Lipinski definition) is 2. The van der Waals surface area contributed by atoms with Crippen LogP contribution in [0.25, 0.3) is 0 Å². The molecule has 1 aliphatic rings. The molecule has 0 aliphatic heterocycles. The third kappa shape index (κ3) is 2.76. The molecule has 1 saturated carbocycles. The van der Waals surface area contributed by atoms with Crippen molar-refractivity contribution in [1.82, 2.24) is 0 Å². The summed E-state index contributed by atoms with van der Waals surface area (Å²) in [5.41, 5.74) is 0.772. The quantitative estimate of drug-likeness (QED) is 0.797. The van der Waals surface area contributed by atoms with Crippen LogP contribution in [0.5, 0.6) is 0 Å². The predicted molar refractivity (Wildman–Crippen MR) is 54.1 cm³/mol. The van der Waals surface area contributed by atoms with Crippen LogP contribution in [0.1, 0.15) is 12.8 Å². The molecule has 0 aromatic heterocycles. The topological polar surface area (TPSA) is 38.3 Å². The first-order valence-electron chi connectivity index (χ1n) is 4.83. The van der Waals surface area contributed by atoms with Gasteiger partial charge in [0.2, 0.25) is 0 Å². The molecule has 0 unspecified atom stereocenters. The van der Waals surface area contributed by atoms with Crippen molar-refractivity contribution in [3.63, 3.8) is 0 Å². The molecule has 1 fully saturated rings. The number of ether oxygens (including phenoxy) is 1. The first-order valence-corrected chi connectivity index (χ1v) is 4.83. The van der Waals surface area contributed by atoms with Crippen molar-refractivity contribution in [3.05, 3.63) is 30.3 Å². The summed E-state index contributed by atoms with van der Waals surface area (Å²) in [6.45, 7) is 0.554. The first kappa shape index (κ1) is 9.06. The van der Waals surface area contributed by atoms with Crippen LogP contribution in [0.3, 0.4) is 0 Å². The van der Waals surface area contributed by atoms with Crippen LogP contribution in [-0.4, -0.2) is 12.7 Å².